The first-order valence-electron chi connectivity index (χ1n) is 11.5. The Bertz CT molecular complexity index is 1100. The van der Waals surface area contributed by atoms with Gasteiger partial charge in [-0.15, -0.1) is 0 Å². The van der Waals surface area contributed by atoms with E-state index < -0.39 is 0 Å². The molecule has 0 aliphatic carbocycles. The van der Waals surface area contributed by atoms with Crippen LogP contribution >= 0.6 is 0 Å². The molecule has 176 valence electrons. The molecule has 0 bridgehead atoms. The quantitative estimate of drug-likeness (QED) is 0.499. The van der Waals surface area contributed by atoms with Gasteiger partial charge in [0.25, 0.3) is 0 Å². The van der Waals surface area contributed by atoms with Crippen LogP contribution in [0.4, 0.5) is 23.1 Å². The van der Waals surface area contributed by atoms with Gasteiger partial charge in [0.1, 0.15) is 11.3 Å². The zero-order valence-corrected chi connectivity index (χ0v) is 19.5. The zero-order valence-electron chi connectivity index (χ0n) is 19.5. The summed E-state index contributed by atoms with van der Waals surface area (Å²) in [5, 5.41) is 6.88. The Balaban J connectivity index is 1.37. The molecule has 4 heterocycles. The molecule has 0 amide bonds. The van der Waals surface area contributed by atoms with Crippen LogP contribution in [0.25, 0.3) is 11.2 Å². The summed E-state index contributed by atoms with van der Waals surface area (Å²) in [5.74, 6) is 1.98. The molecule has 0 spiro atoms. The highest BCUT2D eigenvalue weighted by Gasteiger charge is 2.25. The lowest BCUT2D eigenvalue weighted by atomic mass is 10.1. The summed E-state index contributed by atoms with van der Waals surface area (Å²) in [6, 6.07) is 7.12. The van der Waals surface area contributed by atoms with E-state index in [0.717, 1.165) is 74.0 Å². The lowest BCUT2D eigenvalue weighted by Crippen LogP contribution is -2.31. The van der Waals surface area contributed by atoms with Crippen molar-refractivity contribution in [3.8, 4) is 5.75 Å². The fourth-order valence-electron chi connectivity index (χ4n) is 4.53. The molecule has 0 saturated carbocycles. The van der Waals surface area contributed by atoms with E-state index in [9.17, 15) is 0 Å². The molecule has 1 atom stereocenters. The van der Waals surface area contributed by atoms with Gasteiger partial charge in [-0.25, -0.2) is 4.98 Å². The fraction of sp³-hybridized carbons (Fsp3) is 0.522. The fourth-order valence-corrected chi connectivity index (χ4v) is 4.53. The number of hydrogen-bond donors (Lipinski definition) is 3. The smallest absolute Gasteiger partial charge is 0.231 e. The minimum absolute atomic E-state index is 0.313. The molecule has 10 nitrogen and oxygen atoms in total. The minimum Gasteiger partial charge on any atom is -0.494 e. The predicted molar refractivity (Wildman–Crippen MR) is 130 cm³/mol. The average molecular weight is 453 g/mol. The molecule has 0 radical (unpaired) electrons. The third-order valence-electron chi connectivity index (χ3n) is 6.54. The standard InChI is InChI=1S/C23H32N8O2/c1-30(2)17-6-9-31(13-17)16-4-5-18(19(12-16)32-3)27-23-28-21-20(24-14-25-21)22(29-23)26-15-7-10-33-11-8-15/h4-5,12,14-15,17H,6-11,13H2,1-3H3,(H3,24,25,26,27,28,29). The Kier molecular flexibility index (Phi) is 6.19. The number of aromatic nitrogens is 4. The van der Waals surface area contributed by atoms with Gasteiger partial charge in [-0.1, -0.05) is 0 Å². The SMILES string of the molecule is COc1cc(N2CCC(N(C)C)C2)ccc1Nc1nc(NC2CCOCC2)c2[nH]cnc2n1. The Labute approximate surface area is 193 Å². The molecular weight excluding hydrogens is 420 g/mol. The first kappa shape index (κ1) is 21.7. The van der Waals surface area contributed by atoms with Crippen molar-refractivity contribution in [2.24, 2.45) is 0 Å². The summed E-state index contributed by atoms with van der Waals surface area (Å²) >= 11 is 0. The molecule has 2 aromatic heterocycles. The number of ether oxygens (including phenoxy) is 2. The molecule has 2 saturated heterocycles. The lowest BCUT2D eigenvalue weighted by Gasteiger charge is -2.24. The molecule has 1 aromatic carbocycles. The number of nitrogens with zero attached hydrogens (tertiary/aromatic N) is 5. The molecule has 3 N–H and O–H groups in total. The molecule has 33 heavy (non-hydrogen) atoms. The van der Waals surface area contributed by atoms with Crippen LogP contribution in [0.1, 0.15) is 19.3 Å². The van der Waals surface area contributed by atoms with Crippen LogP contribution in [0.5, 0.6) is 5.75 Å². The van der Waals surface area contributed by atoms with E-state index in [1.54, 1.807) is 13.4 Å². The topological polar surface area (TPSA) is 103 Å². The number of aromatic amines is 1. The number of rotatable bonds is 7. The summed E-state index contributed by atoms with van der Waals surface area (Å²) < 4.78 is 11.2. The first-order valence-corrected chi connectivity index (χ1v) is 11.5. The van der Waals surface area contributed by atoms with Crippen molar-refractivity contribution in [1.82, 2.24) is 24.8 Å². The second-order valence-electron chi connectivity index (χ2n) is 8.89. The maximum Gasteiger partial charge on any atom is 0.231 e. The van der Waals surface area contributed by atoms with E-state index in [0.29, 0.717) is 23.7 Å². The molecule has 2 aliphatic heterocycles. The Morgan fingerprint density at radius 2 is 2.03 bits per heavy atom. The van der Waals surface area contributed by atoms with E-state index in [4.69, 9.17) is 14.5 Å². The molecule has 2 fully saturated rings. The third kappa shape index (κ3) is 4.67. The van der Waals surface area contributed by atoms with E-state index in [-0.39, 0.29) is 0 Å². The van der Waals surface area contributed by atoms with Crippen molar-refractivity contribution in [2.45, 2.75) is 31.3 Å². The maximum absolute atomic E-state index is 5.71. The molecule has 5 rings (SSSR count). The Morgan fingerprint density at radius 1 is 1.18 bits per heavy atom. The predicted octanol–water partition coefficient (Wildman–Crippen LogP) is 2.84. The van der Waals surface area contributed by atoms with Crippen LogP contribution in [-0.4, -0.2) is 84.4 Å². The number of hydrogen-bond acceptors (Lipinski definition) is 9. The first-order chi connectivity index (χ1) is 16.1. The summed E-state index contributed by atoms with van der Waals surface area (Å²) in [6.45, 7) is 3.58. The number of methoxy groups -OCH3 is 1. The van der Waals surface area contributed by atoms with Gasteiger partial charge in [0.15, 0.2) is 11.5 Å². The minimum atomic E-state index is 0.313. The van der Waals surface area contributed by atoms with Gasteiger partial charge in [-0.3, -0.25) is 0 Å². The van der Waals surface area contributed by atoms with Crippen molar-refractivity contribution < 1.29 is 9.47 Å². The summed E-state index contributed by atoms with van der Waals surface area (Å²) in [5.41, 5.74) is 3.40. The van der Waals surface area contributed by atoms with Crippen molar-refractivity contribution in [3.05, 3.63) is 24.5 Å². The van der Waals surface area contributed by atoms with Gasteiger partial charge in [0, 0.05) is 50.1 Å². The summed E-state index contributed by atoms with van der Waals surface area (Å²) in [6.07, 6.45) is 4.70. The number of nitrogens with one attached hydrogen (secondary N) is 3. The molecular formula is C23H32N8O2. The highest BCUT2D eigenvalue weighted by atomic mass is 16.5. The van der Waals surface area contributed by atoms with E-state index in [1.165, 1.54) is 0 Å². The van der Waals surface area contributed by atoms with Gasteiger partial charge < -0.3 is 34.9 Å². The summed E-state index contributed by atoms with van der Waals surface area (Å²) in [4.78, 5) is 21.5. The second-order valence-corrected chi connectivity index (χ2v) is 8.89. The van der Waals surface area contributed by atoms with Crippen LogP contribution in [0, 0.1) is 0 Å². The van der Waals surface area contributed by atoms with Crippen LogP contribution in [0.2, 0.25) is 0 Å². The molecule has 1 unspecified atom stereocenters. The number of imidazole rings is 1. The third-order valence-corrected chi connectivity index (χ3v) is 6.54. The van der Waals surface area contributed by atoms with Crippen molar-refractivity contribution in [3.63, 3.8) is 0 Å². The number of fused-ring (bicyclic) bond motifs is 1. The van der Waals surface area contributed by atoms with E-state index in [1.807, 2.05) is 6.07 Å². The van der Waals surface area contributed by atoms with E-state index >= 15 is 0 Å². The van der Waals surface area contributed by atoms with Gasteiger partial charge in [-0.05, 0) is 45.5 Å². The maximum atomic E-state index is 5.71. The number of anilines is 4. The molecule has 3 aromatic rings. The Hall–Kier alpha value is -3.11. The normalized spacial score (nSPS) is 19.4. The second kappa shape index (κ2) is 9.40. The highest BCUT2D eigenvalue weighted by molar-refractivity contribution is 5.84. The Morgan fingerprint density at radius 3 is 2.79 bits per heavy atom. The van der Waals surface area contributed by atoms with Crippen molar-refractivity contribution in [1.29, 1.82) is 0 Å². The average Bonchev–Trinajstić information content (AvgIpc) is 3.50. The van der Waals surface area contributed by atoms with Gasteiger partial charge in [-0.2, -0.15) is 9.97 Å². The molecule has 10 heteroatoms. The van der Waals surface area contributed by atoms with Gasteiger partial charge >= 0.3 is 0 Å². The number of likely N-dealkylation sites (N-methyl/N-ethyl adjacent to an activating group) is 1. The number of benzene rings is 1. The number of H-pyrrole nitrogens is 1. The van der Waals surface area contributed by atoms with Crippen LogP contribution < -0.4 is 20.3 Å². The van der Waals surface area contributed by atoms with Crippen LogP contribution in [0.3, 0.4) is 0 Å². The van der Waals surface area contributed by atoms with Crippen LogP contribution in [-0.2, 0) is 4.74 Å². The molecule has 2 aliphatic rings. The summed E-state index contributed by atoms with van der Waals surface area (Å²) in [7, 11) is 5.97. The van der Waals surface area contributed by atoms with Crippen molar-refractivity contribution >= 4 is 34.3 Å². The monoisotopic (exact) mass is 452 g/mol. The lowest BCUT2D eigenvalue weighted by molar-refractivity contribution is 0.0904. The highest BCUT2D eigenvalue weighted by Crippen LogP contribution is 2.34. The van der Waals surface area contributed by atoms with Gasteiger partial charge in [0.05, 0.1) is 19.1 Å². The van der Waals surface area contributed by atoms with Crippen LogP contribution in [0.15, 0.2) is 24.5 Å². The van der Waals surface area contributed by atoms with Crippen molar-refractivity contribution in [2.75, 3.05) is 63.0 Å². The zero-order chi connectivity index (χ0) is 22.8. The van der Waals surface area contributed by atoms with Gasteiger partial charge in [0.2, 0.25) is 5.95 Å². The largest absolute Gasteiger partial charge is 0.494 e. The van der Waals surface area contributed by atoms with E-state index in [2.05, 4.69) is 61.6 Å².